The zero-order valence-corrected chi connectivity index (χ0v) is 9.24. The van der Waals surface area contributed by atoms with Gasteiger partial charge in [-0.15, -0.1) is 0 Å². The third-order valence-corrected chi connectivity index (χ3v) is 2.49. The molecule has 2 rings (SSSR count). The minimum absolute atomic E-state index is 0.897. The highest BCUT2D eigenvalue weighted by atomic mass is 79.9. The van der Waals surface area contributed by atoms with Gasteiger partial charge in [-0.1, -0.05) is 30.3 Å². The molecule has 14 heavy (non-hydrogen) atoms. The van der Waals surface area contributed by atoms with Crippen LogP contribution in [0.5, 0.6) is 0 Å². The summed E-state index contributed by atoms with van der Waals surface area (Å²) in [7, 11) is 0. The van der Waals surface area contributed by atoms with Gasteiger partial charge in [-0.25, -0.2) is 0 Å². The number of pyridine rings is 1. The summed E-state index contributed by atoms with van der Waals surface area (Å²) in [5.41, 5.74) is 2.39. The molecule has 0 bridgehead atoms. The Bertz CT molecular complexity index is 394. The molecule has 0 aliphatic rings. The first kappa shape index (κ1) is 9.41. The average Bonchev–Trinajstić information content (AvgIpc) is 2.23. The van der Waals surface area contributed by atoms with E-state index in [2.05, 4.69) is 33.0 Å². The molecular formula is C12H10BrN. The van der Waals surface area contributed by atoms with Crippen molar-refractivity contribution in [3.05, 3.63) is 64.4 Å². The second-order valence-electron chi connectivity index (χ2n) is 3.13. The van der Waals surface area contributed by atoms with Crippen molar-refractivity contribution in [2.45, 2.75) is 6.42 Å². The lowest BCUT2D eigenvalue weighted by atomic mass is 10.1. The highest BCUT2D eigenvalue weighted by molar-refractivity contribution is 9.10. The summed E-state index contributed by atoms with van der Waals surface area (Å²) in [5, 5.41) is 0. The van der Waals surface area contributed by atoms with Crippen molar-refractivity contribution in [1.29, 1.82) is 0 Å². The first-order chi connectivity index (χ1) is 6.84. The first-order valence-electron chi connectivity index (χ1n) is 4.49. The van der Waals surface area contributed by atoms with Gasteiger partial charge in [0.2, 0.25) is 0 Å². The second-order valence-corrected chi connectivity index (χ2v) is 4.05. The Morgan fingerprint density at radius 2 is 1.79 bits per heavy atom. The van der Waals surface area contributed by atoms with Gasteiger partial charge in [0.05, 0.1) is 0 Å². The van der Waals surface area contributed by atoms with Gasteiger partial charge in [0.25, 0.3) is 0 Å². The van der Waals surface area contributed by atoms with Crippen LogP contribution in [0.15, 0.2) is 53.1 Å². The zero-order chi connectivity index (χ0) is 9.80. The second kappa shape index (κ2) is 4.38. The van der Waals surface area contributed by atoms with Gasteiger partial charge in [-0.2, -0.15) is 0 Å². The average molecular weight is 248 g/mol. The SMILES string of the molecule is Brc1ccc(Cc2ccccc2)nc1. The Morgan fingerprint density at radius 3 is 2.43 bits per heavy atom. The van der Waals surface area contributed by atoms with Crippen LogP contribution in [-0.2, 0) is 6.42 Å². The monoisotopic (exact) mass is 247 g/mol. The van der Waals surface area contributed by atoms with Crippen LogP contribution in [0.4, 0.5) is 0 Å². The quantitative estimate of drug-likeness (QED) is 0.793. The minimum atomic E-state index is 0.897. The molecule has 0 unspecified atom stereocenters. The molecule has 2 heteroatoms. The highest BCUT2D eigenvalue weighted by Crippen LogP contribution is 2.10. The molecule has 0 amide bonds. The van der Waals surface area contributed by atoms with Crippen molar-refractivity contribution in [3.63, 3.8) is 0 Å². The molecule has 1 heterocycles. The van der Waals surface area contributed by atoms with Gasteiger partial charge in [0.1, 0.15) is 0 Å². The molecule has 2 aromatic rings. The van der Waals surface area contributed by atoms with Gasteiger partial charge in [-0.3, -0.25) is 4.98 Å². The van der Waals surface area contributed by atoms with E-state index in [-0.39, 0.29) is 0 Å². The standard InChI is InChI=1S/C12H10BrN/c13-11-6-7-12(14-9-11)8-10-4-2-1-3-5-10/h1-7,9H,8H2. The fraction of sp³-hybridized carbons (Fsp3) is 0.0833. The molecule has 70 valence electrons. The third-order valence-electron chi connectivity index (χ3n) is 2.02. The van der Waals surface area contributed by atoms with Crippen molar-refractivity contribution in [1.82, 2.24) is 4.98 Å². The molecule has 0 spiro atoms. The van der Waals surface area contributed by atoms with E-state index in [9.17, 15) is 0 Å². The summed E-state index contributed by atoms with van der Waals surface area (Å²) in [4.78, 5) is 4.33. The molecule has 0 aliphatic heterocycles. The molecule has 1 nitrogen and oxygen atoms in total. The number of nitrogens with zero attached hydrogens (tertiary/aromatic N) is 1. The maximum Gasteiger partial charge on any atom is 0.0448 e. The summed E-state index contributed by atoms with van der Waals surface area (Å²) in [6.45, 7) is 0. The molecule has 0 saturated carbocycles. The van der Waals surface area contributed by atoms with Gasteiger partial charge in [0, 0.05) is 22.8 Å². The predicted octanol–water partition coefficient (Wildman–Crippen LogP) is 3.43. The van der Waals surface area contributed by atoms with Crippen molar-refractivity contribution in [2.75, 3.05) is 0 Å². The molecule has 0 atom stereocenters. The fourth-order valence-corrected chi connectivity index (χ4v) is 1.55. The summed E-state index contributed by atoms with van der Waals surface area (Å²) in [6, 6.07) is 14.4. The number of hydrogen-bond acceptors (Lipinski definition) is 1. The lowest BCUT2D eigenvalue weighted by Crippen LogP contribution is -1.90. The lowest BCUT2D eigenvalue weighted by molar-refractivity contribution is 1.07. The van der Waals surface area contributed by atoms with Gasteiger partial charge in [0.15, 0.2) is 0 Å². The van der Waals surface area contributed by atoms with Gasteiger partial charge >= 0.3 is 0 Å². The maximum atomic E-state index is 4.33. The van der Waals surface area contributed by atoms with Gasteiger partial charge < -0.3 is 0 Å². The van der Waals surface area contributed by atoms with Crippen molar-refractivity contribution in [3.8, 4) is 0 Å². The number of aromatic nitrogens is 1. The summed E-state index contributed by atoms with van der Waals surface area (Å²) in [5.74, 6) is 0. The molecule has 1 aromatic heterocycles. The van der Waals surface area contributed by atoms with Crippen molar-refractivity contribution >= 4 is 15.9 Å². The zero-order valence-electron chi connectivity index (χ0n) is 7.65. The third kappa shape index (κ3) is 2.42. The number of benzene rings is 1. The maximum absolute atomic E-state index is 4.33. The van der Waals surface area contributed by atoms with Gasteiger partial charge in [-0.05, 0) is 33.6 Å². The molecule has 0 N–H and O–H groups in total. The minimum Gasteiger partial charge on any atom is -0.260 e. The van der Waals surface area contributed by atoms with Crippen molar-refractivity contribution in [2.24, 2.45) is 0 Å². The fourth-order valence-electron chi connectivity index (χ4n) is 1.32. The van der Waals surface area contributed by atoms with Crippen LogP contribution in [0.3, 0.4) is 0 Å². The Kier molecular flexibility index (Phi) is 2.94. The molecular weight excluding hydrogens is 238 g/mol. The van der Waals surface area contributed by atoms with Crippen LogP contribution in [0, 0.1) is 0 Å². The van der Waals surface area contributed by atoms with Crippen LogP contribution in [0.25, 0.3) is 0 Å². The molecule has 0 radical (unpaired) electrons. The summed E-state index contributed by atoms with van der Waals surface area (Å²) >= 11 is 3.37. The highest BCUT2D eigenvalue weighted by Gasteiger charge is 1.96. The topological polar surface area (TPSA) is 12.9 Å². The smallest absolute Gasteiger partial charge is 0.0448 e. The summed E-state index contributed by atoms with van der Waals surface area (Å²) in [6.07, 6.45) is 2.73. The number of rotatable bonds is 2. The molecule has 1 aromatic carbocycles. The van der Waals surface area contributed by atoms with E-state index >= 15 is 0 Å². The van der Waals surface area contributed by atoms with E-state index < -0.39 is 0 Å². The first-order valence-corrected chi connectivity index (χ1v) is 5.28. The van der Waals surface area contributed by atoms with E-state index in [1.165, 1.54) is 5.56 Å². The Morgan fingerprint density at radius 1 is 1.00 bits per heavy atom. The van der Waals surface area contributed by atoms with E-state index in [1.807, 2.05) is 36.5 Å². The Labute approximate surface area is 91.9 Å². The lowest BCUT2D eigenvalue weighted by Gasteiger charge is -2.00. The van der Waals surface area contributed by atoms with Crippen LogP contribution < -0.4 is 0 Å². The molecule has 0 fully saturated rings. The Balaban J connectivity index is 2.16. The number of hydrogen-bond donors (Lipinski definition) is 0. The van der Waals surface area contributed by atoms with E-state index in [1.54, 1.807) is 0 Å². The van der Waals surface area contributed by atoms with Crippen LogP contribution in [0.1, 0.15) is 11.3 Å². The predicted molar refractivity (Wildman–Crippen MR) is 61.2 cm³/mol. The normalized spacial score (nSPS) is 10.1. The van der Waals surface area contributed by atoms with Crippen LogP contribution in [-0.4, -0.2) is 4.98 Å². The van der Waals surface area contributed by atoms with Crippen LogP contribution >= 0.6 is 15.9 Å². The van der Waals surface area contributed by atoms with E-state index in [4.69, 9.17) is 0 Å². The van der Waals surface area contributed by atoms with E-state index in [0.29, 0.717) is 0 Å². The Hall–Kier alpha value is -1.15. The number of halogens is 1. The van der Waals surface area contributed by atoms with E-state index in [0.717, 1.165) is 16.6 Å². The van der Waals surface area contributed by atoms with Crippen LogP contribution in [0.2, 0.25) is 0 Å². The van der Waals surface area contributed by atoms with Crippen molar-refractivity contribution < 1.29 is 0 Å². The largest absolute Gasteiger partial charge is 0.260 e. The summed E-state index contributed by atoms with van der Waals surface area (Å²) < 4.78 is 1.02. The molecule has 0 saturated heterocycles. The molecule has 0 aliphatic carbocycles.